The van der Waals surface area contributed by atoms with E-state index < -0.39 is 33.3 Å². The number of rotatable bonds is 3. The number of hydrogen-bond acceptors (Lipinski definition) is 7. The van der Waals surface area contributed by atoms with Crippen molar-refractivity contribution in [3.8, 4) is 0 Å². The molecule has 0 spiro atoms. The first kappa shape index (κ1) is 18.2. The number of carbonyl (C=O) groups is 1. The van der Waals surface area contributed by atoms with E-state index in [-0.39, 0.29) is 23.0 Å². The Hall–Kier alpha value is -2.62. The third-order valence-electron chi connectivity index (χ3n) is 4.12. The van der Waals surface area contributed by atoms with Crippen molar-refractivity contribution in [3.63, 3.8) is 0 Å². The summed E-state index contributed by atoms with van der Waals surface area (Å²) < 4.78 is 30.7. The van der Waals surface area contributed by atoms with E-state index in [0.29, 0.717) is 11.5 Å². The maximum atomic E-state index is 14.3. The van der Waals surface area contributed by atoms with Gasteiger partial charge in [-0.15, -0.1) is 0 Å². The average molecular weight is 379 g/mol. The molecule has 26 heavy (non-hydrogen) atoms. The van der Waals surface area contributed by atoms with Gasteiger partial charge in [-0.25, -0.2) is 4.39 Å². The number of hydrogen-bond donors (Lipinski definition) is 2. The number of amidine groups is 1. The molecular formula is C16H18FN5O3S. The van der Waals surface area contributed by atoms with Crippen LogP contribution in [-0.4, -0.2) is 36.6 Å². The lowest BCUT2D eigenvalue weighted by atomic mass is 10.1. The third kappa shape index (κ3) is 3.36. The second-order valence-corrected chi connectivity index (χ2v) is 8.43. The van der Waals surface area contributed by atoms with E-state index in [1.807, 2.05) is 0 Å². The van der Waals surface area contributed by atoms with E-state index in [0.717, 1.165) is 0 Å². The van der Waals surface area contributed by atoms with Crippen LogP contribution in [0, 0.1) is 12.7 Å². The van der Waals surface area contributed by atoms with Crippen LogP contribution in [0.25, 0.3) is 0 Å². The molecule has 3 N–H and O–H groups in total. The Kier molecular flexibility index (Phi) is 4.61. The Labute approximate surface area is 151 Å². The SMILES string of the molecule is Cc1noc(C(=O)Nc2ccc(F)c(C3CS(=O)C(C)(C)C(N)=N3)c2)n1. The predicted molar refractivity (Wildman–Crippen MR) is 94.8 cm³/mol. The number of anilines is 1. The molecule has 138 valence electrons. The molecule has 1 aromatic carbocycles. The minimum atomic E-state index is -1.31. The number of carbonyl (C=O) groups excluding carboxylic acids is 1. The number of benzene rings is 1. The molecular weight excluding hydrogens is 361 g/mol. The minimum Gasteiger partial charge on any atom is -0.386 e. The number of nitrogens with one attached hydrogen (secondary N) is 1. The summed E-state index contributed by atoms with van der Waals surface area (Å²) in [5.74, 6) is -0.648. The zero-order valence-electron chi connectivity index (χ0n) is 14.4. The molecule has 0 aliphatic carbocycles. The molecule has 8 nitrogen and oxygen atoms in total. The van der Waals surface area contributed by atoms with Crippen molar-refractivity contribution >= 4 is 28.2 Å². The standard InChI is InChI=1S/C16H18FN5O3S/c1-8-19-14(25-22-8)13(23)20-9-4-5-11(17)10(6-9)12-7-26(24)16(2,3)15(18)21-12/h4-6,12H,7H2,1-3H3,(H2,18,21)(H,20,23). The Balaban J connectivity index is 1.88. The van der Waals surface area contributed by atoms with Crippen LogP contribution in [0.5, 0.6) is 0 Å². The highest BCUT2D eigenvalue weighted by Gasteiger charge is 2.37. The first-order valence-electron chi connectivity index (χ1n) is 7.82. The van der Waals surface area contributed by atoms with Crippen LogP contribution >= 0.6 is 0 Å². The van der Waals surface area contributed by atoms with Crippen molar-refractivity contribution in [2.24, 2.45) is 10.7 Å². The fourth-order valence-corrected chi connectivity index (χ4v) is 3.68. The van der Waals surface area contributed by atoms with Gasteiger partial charge in [0.05, 0.1) is 16.5 Å². The van der Waals surface area contributed by atoms with E-state index in [4.69, 9.17) is 10.3 Å². The molecule has 1 aliphatic heterocycles. The van der Waals surface area contributed by atoms with Crippen molar-refractivity contribution in [2.75, 3.05) is 11.1 Å². The number of halogens is 1. The number of aliphatic imine (C=N–C) groups is 1. The second-order valence-electron chi connectivity index (χ2n) is 6.39. The van der Waals surface area contributed by atoms with Crippen LogP contribution in [0.1, 0.15) is 42.0 Å². The molecule has 2 heterocycles. The lowest BCUT2D eigenvalue weighted by Crippen LogP contribution is -2.47. The zero-order valence-corrected chi connectivity index (χ0v) is 15.3. The van der Waals surface area contributed by atoms with Gasteiger partial charge in [-0.3, -0.25) is 14.0 Å². The van der Waals surface area contributed by atoms with Gasteiger partial charge in [-0.1, -0.05) is 5.16 Å². The van der Waals surface area contributed by atoms with Gasteiger partial charge in [0.15, 0.2) is 5.82 Å². The average Bonchev–Trinajstić information content (AvgIpc) is 3.01. The van der Waals surface area contributed by atoms with Crippen LogP contribution in [0.15, 0.2) is 27.7 Å². The minimum absolute atomic E-state index is 0.144. The highest BCUT2D eigenvalue weighted by atomic mass is 32.2. The van der Waals surface area contributed by atoms with Crippen molar-refractivity contribution in [1.29, 1.82) is 0 Å². The van der Waals surface area contributed by atoms with E-state index in [2.05, 4.69) is 20.4 Å². The molecule has 2 atom stereocenters. The van der Waals surface area contributed by atoms with Gasteiger partial charge in [0.25, 0.3) is 0 Å². The number of nitrogens with two attached hydrogens (primary N) is 1. The summed E-state index contributed by atoms with van der Waals surface area (Å²) in [6.07, 6.45) is 0. The van der Waals surface area contributed by atoms with Gasteiger partial charge in [0, 0.05) is 22.1 Å². The normalized spacial score (nSPS) is 21.9. The molecule has 0 saturated carbocycles. The smallest absolute Gasteiger partial charge is 0.316 e. The Morgan fingerprint density at radius 3 is 2.81 bits per heavy atom. The van der Waals surface area contributed by atoms with Crippen LogP contribution in [0.4, 0.5) is 10.1 Å². The molecule has 10 heteroatoms. The number of amides is 1. The molecule has 0 fully saturated rings. The van der Waals surface area contributed by atoms with E-state index in [9.17, 15) is 13.4 Å². The summed E-state index contributed by atoms with van der Waals surface area (Å²) in [4.78, 5) is 20.2. The number of aromatic nitrogens is 2. The van der Waals surface area contributed by atoms with Gasteiger partial charge < -0.3 is 15.6 Å². The summed E-state index contributed by atoms with van der Waals surface area (Å²) in [7, 11) is -1.31. The zero-order chi connectivity index (χ0) is 19.1. The molecule has 2 unspecified atom stereocenters. The van der Waals surface area contributed by atoms with E-state index in [1.165, 1.54) is 18.2 Å². The van der Waals surface area contributed by atoms with Crippen molar-refractivity contribution in [2.45, 2.75) is 31.6 Å². The van der Waals surface area contributed by atoms with Gasteiger partial charge in [0.2, 0.25) is 0 Å². The van der Waals surface area contributed by atoms with Gasteiger partial charge in [0.1, 0.15) is 11.7 Å². The van der Waals surface area contributed by atoms with Crippen molar-refractivity contribution < 1.29 is 17.9 Å². The molecule has 3 rings (SSSR count). The monoisotopic (exact) mass is 379 g/mol. The van der Waals surface area contributed by atoms with Gasteiger partial charge in [-0.2, -0.15) is 4.98 Å². The Morgan fingerprint density at radius 2 is 2.19 bits per heavy atom. The molecule has 2 aromatic rings. The lowest BCUT2D eigenvalue weighted by molar-refractivity contribution is 0.0981. The maximum absolute atomic E-state index is 14.3. The van der Waals surface area contributed by atoms with Crippen LogP contribution < -0.4 is 11.1 Å². The van der Waals surface area contributed by atoms with Crippen molar-refractivity contribution in [3.05, 3.63) is 41.3 Å². The maximum Gasteiger partial charge on any atom is 0.316 e. The van der Waals surface area contributed by atoms with Crippen LogP contribution in [0.3, 0.4) is 0 Å². The number of nitrogens with zero attached hydrogens (tertiary/aromatic N) is 3. The Bertz CT molecular complexity index is 924. The molecule has 0 saturated heterocycles. The molecule has 0 radical (unpaired) electrons. The summed E-state index contributed by atoms with van der Waals surface area (Å²) >= 11 is 0. The fraction of sp³-hybridized carbons (Fsp3) is 0.375. The van der Waals surface area contributed by atoms with E-state index in [1.54, 1.807) is 20.8 Å². The highest BCUT2D eigenvalue weighted by molar-refractivity contribution is 7.87. The summed E-state index contributed by atoms with van der Waals surface area (Å²) in [5.41, 5.74) is 6.45. The predicted octanol–water partition coefficient (Wildman–Crippen LogP) is 1.71. The van der Waals surface area contributed by atoms with Gasteiger partial charge >= 0.3 is 11.8 Å². The summed E-state index contributed by atoms with van der Waals surface area (Å²) in [5, 5.41) is 6.10. The Morgan fingerprint density at radius 1 is 1.46 bits per heavy atom. The number of aryl methyl sites for hydroxylation is 1. The van der Waals surface area contributed by atoms with Crippen LogP contribution in [-0.2, 0) is 10.8 Å². The quantitative estimate of drug-likeness (QED) is 0.837. The lowest BCUT2D eigenvalue weighted by Gasteiger charge is -2.31. The van der Waals surface area contributed by atoms with Crippen molar-refractivity contribution in [1.82, 2.24) is 10.1 Å². The topological polar surface area (TPSA) is 123 Å². The molecule has 1 aromatic heterocycles. The summed E-state index contributed by atoms with van der Waals surface area (Å²) in [6.45, 7) is 5.05. The largest absolute Gasteiger partial charge is 0.386 e. The first-order valence-corrected chi connectivity index (χ1v) is 9.13. The molecule has 1 aliphatic rings. The first-order chi connectivity index (χ1) is 12.2. The van der Waals surface area contributed by atoms with Gasteiger partial charge in [-0.05, 0) is 39.0 Å². The third-order valence-corrected chi connectivity index (χ3v) is 6.09. The fourth-order valence-electron chi connectivity index (χ4n) is 2.44. The van der Waals surface area contributed by atoms with E-state index >= 15 is 0 Å². The summed E-state index contributed by atoms with van der Waals surface area (Å²) in [6, 6.07) is 3.36. The highest BCUT2D eigenvalue weighted by Crippen LogP contribution is 2.32. The molecule has 0 bridgehead atoms. The van der Waals surface area contributed by atoms with Crippen LogP contribution in [0.2, 0.25) is 0 Å². The second kappa shape index (κ2) is 6.60. The molecule has 1 amide bonds.